The van der Waals surface area contributed by atoms with Crippen LogP contribution >= 0.6 is 0 Å². The van der Waals surface area contributed by atoms with Gasteiger partial charge in [-0.3, -0.25) is 0 Å². The highest BCUT2D eigenvalue weighted by Crippen LogP contribution is 1.83. The molecule has 0 amide bonds. The Kier molecular flexibility index (Phi) is 3.86. The molecule has 0 aromatic rings. The second-order valence-corrected chi connectivity index (χ2v) is 1.53. The smallest absolute Gasteiger partial charge is 0.176 e. The maximum absolute atomic E-state index is 5.21. The van der Waals surface area contributed by atoms with Crippen molar-refractivity contribution in [3.8, 4) is 0 Å². The average Bonchev–Trinajstić information content (AvgIpc) is 1.88. The Balaban J connectivity index is 3.78. The zero-order valence-corrected chi connectivity index (χ0v) is 5.87. The number of rotatable bonds is 3. The van der Waals surface area contributed by atoms with Gasteiger partial charge in [0.1, 0.15) is 5.82 Å². The average molecular weight is 144 g/mol. The maximum Gasteiger partial charge on any atom is 0.176 e. The number of hydrogen-bond acceptors (Lipinski definition) is 5. The van der Waals surface area contributed by atoms with E-state index >= 15 is 0 Å². The zero-order valence-electron chi connectivity index (χ0n) is 5.87. The molecule has 58 valence electrons. The van der Waals surface area contributed by atoms with Gasteiger partial charge in [-0.1, -0.05) is 0 Å². The predicted molar refractivity (Wildman–Crippen MR) is 39.7 cm³/mol. The van der Waals surface area contributed by atoms with Crippen LogP contribution in [0.2, 0.25) is 0 Å². The van der Waals surface area contributed by atoms with Gasteiger partial charge in [0.15, 0.2) is 12.2 Å². The third kappa shape index (κ3) is 3.59. The Labute approximate surface area is 59.5 Å². The largest absolute Gasteiger partial charge is 0.483 e. The van der Waals surface area contributed by atoms with E-state index in [1.165, 1.54) is 6.40 Å². The van der Waals surface area contributed by atoms with Crippen LogP contribution in [0.5, 0.6) is 0 Å². The van der Waals surface area contributed by atoms with Crippen molar-refractivity contribution in [1.82, 2.24) is 0 Å². The number of aliphatic imine (C=N–C) groups is 1. The highest BCUT2D eigenvalue weighted by molar-refractivity contribution is 5.48. The van der Waals surface area contributed by atoms with Gasteiger partial charge in [0.05, 0.1) is 6.61 Å². The highest BCUT2D eigenvalue weighted by atomic mass is 16.5. The molecule has 0 aromatic carbocycles. The Morgan fingerprint density at radius 1 is 1.50 bits per heavy atom. The fraction of sp³-hybridized carbons (Fsp3) is 0.400. The molecule has 5 heteroatoms. The van der Waals surface area contributed by atoms with E-state index in [1.807, 2.05) is 6.92 Å². The maximum atomic E-state index is 5.21. The van der Waals surface area contributed by atoms with Crippen LogP contribution in [-0.4, -0.2) is 13.0 Å². The van der Waals surface area contributed by atoms with Gasteiger partial charge in [-0.25, -0.2) is 0 Å². The fourth-order valence-corrected chi connectivity index (χ4v) is 0.243. The molecule has 0 rings (SSSR count). The SMILES string of the molecule is CCOC=NC(N)=C(N)N. The van der Waals surface area contributed by atoms with Gasteiger partial charge in [-0.2, -0.15) is 4.99 Å². The third-order valence-electron chi connectivity index (χ3n) is 0.729. The van der Waals surface area contributed by atoms with Crippen LogP contribution in [-0.2, 0) is 4.74 Å². The summed E-state index contributed by atoms with van der Waals surface area (Å²) in [7, 11) is 0. The molecule has 0 bridgehead atoms. The number of hydrogen-bond donors (Lipinski definition) is 3. The van der Waals surface area contributed by atoms with E-state index in [-0.39, 0.29) is 11.6 Å². The van der Waals surface area contributed by atoms with E-state index in [2.05, 4.69) is 4.99 Å². The highest BCUT2D eigenvalue weighted by Gasteiger charge is 1.86. The van der Waals surface area contributed by atoms with Gasteiger partial charge < -0.3 is 21.9 Å². The molecule has 0 aromatic heterocycles. The summed E-state index contributed by atoms with van der Waals surface area (Å²) in [6, 6.07) is 0. The van der Waals surface area contributed by atoms with Crippen molar-refractivity contribution >= 4 is 6.40 Å². The van der Waals surface area contributed by atoms with Crippen molar-refractivity contribution in [2.75, 3.05) is 6.61 Å². The van der Waals surface area contributed by atoms with Crippen LogP contribution in [0.15, 0.2) is 16.6 Å². The molecule has 0 saturated heterocycles. The second kappa shape index (κ2) is 4.49. The molecule has 0 atom stereocenters. The van der Waals surface area contributed by atoms with Crippen LogP contribution in [0.1, 0.15) is 6.92 Å². The first-order valence-corrected chi connectivity index (χ1v) is 2.83. The molecular weight excluding hydrogens is 132 g/mol. The van der Waals surface area contributed by atoms with Gasteiger partial charge in [0.2, 0.25) is 0 Å². The molecule has 0 fully saturated rings. The zero-order chi connectivity index (χ0) is 7.98. The van der Waals surface area contributed by atoms with E-state index in [0.29, 0.717) is 6.61 Å². The molecule has 0 heterocycles. The summed E-state index contributed by atoms with van der Waals surface area (Å²) in [6.45, 7) is 2.37. The molecule has 0 spiro atoms. The summed E-state index contributed by atoms with van der Waals surface area (Å²) in [5, 5.41) is 0. The first-order chi connectivity index (χ1) is 4.68. The number of ether oxygens (including phenoxy) is 1. The molecule has 0 radical (unpaired) electrons. The van der Waals surface area contributed by atoms with Gasteiger partial charge in [-0.15, -0.1) is 0 Å². The molecule has 0 unspecified atom stereocenters. The van der Waals surface area contributed by atoms with E-state index in [0.717, 1.165) is 0 Å². The minimum absolute atomic E-state index is 0.00375. The Hall–Kier alpha value is -1.39. The predicted octanol–water partition coefficient (Wildman–Crippen LogP) is -0.946. The first-order valence-electron chi connectivity index (χ1n) is 2.83. The number of nitrogens with two attached hydrogens (primary N) is 3. The Bertz CT molecular complexity index is 148. The molecule has 0 aliphatic rings. The quantitative estimate of drug-likeness (QED) is 0.351. The Morgan fingerprint density at radius 3 is 2.50 bits per heavy atom. The summed E-state index contributed by atoms with van der Waals surface area (Å²) in [5.41, 5.74) is 15.4. The standard InChI is InChI=1S/C5H12N4O/c1-2-10-3-9-5(8)4(6)7/h3H,2,6-8H2,1H3. The summed E-state index contributed by atoms with van der Waals surface area (Å²) >= 11 is 0. The van der Waals surface area contributed by atoms with Crippen molar-refractivity contribution in [1.29, 1.82) is 0 Å². The van der Waals surface area contributed by atoms with Gasteiger partial charge in [0.25, 0.3) is 0 Å². The van der Waals surface area contributed by atoms with Crippen molar-refractivity contribution in [3.63, 3.8) is 0 Å². The minimum Gasteiger partial charge on any atom is -0.483 e. The summed E-state index contributed by atoms with van der Waals surface area (Å²) in [4.78, 5) is 3.57. The van der Waals surface area contributed by atoms with Gasteiger partial charge in [-0.05, 0) is 6.92 Å². The molecule has 5 nitrogen and oxygen atoms in total. The normalized spacial score (nSPS) is 9.70. The van der Waals surface area contributed by atoms with Crippen LogP contribution < -0.4 is 17.2 Å². The van der Waals surface area contributed by atoms with E-state index < -0.39 is 0 Å². The van der Waals surface area contributed by atoms with E-state index in [4.69, 9.17) is 21.9 Å². The molecular formula is C5H12N4O. The summed E-state index contributed by atoms with van der Waals surface area (Å²) < 4.78 is 4.74. The van der Waals surface area contributed by atoms with Crippen LogP contribution in [0.4, 0.5) is 0 Å². The van der Waals surface area contributed by atoms with Crippen molar-refractivity contribution < 1.29 is 4.74 Å². The van der Waals surface area contributed by atoms with E-state index in [1.54, 1.807) is 0 Å². The van der Waals surface area contributed by atoms with Crippen molar-refractivity contribution in [2.24, 2.45) is 22.2 Å². The lowest BCUT2D eigenvalue weighted by molar-refractivity contribution is 0.343. The third-order valence-corrected chi connectivity index (χ3v) is 0.729. The van der Waals surface area contributed by atoms with Crippen LogP contribution in [0.3, 0.4) is 0 Å². The summed E-state index contributed by atoms with van der Waals surface area (Å²) in [5.74, 6) is 0.0735. The molecule has 6 N–H and O–H groups in total. The van der Waals surface area contributed by atoms with Gasteiger partial charge in [0, 0.05) is 0 Å². The number of nitrogens with zero attached hydrogens (tertiary/aromatic N) is 1. The first kappa shape index (κ1) is 8.61. The fourth-order valence-electron chi connectivity index (χ4n) is 0.243. The lowest BCUT2D eigenvalue weighted by Crippen LogP contribution is -2.15. The molecule has 10 heavy (non-hydrogen) atoms. The van der Waals surface area contributed by atoms with Crippen molar-refractivity contribution in [2.45, 2.75) is 6.92 Å². The lowest BCUT2D eigenvalue weighted by atomic mass is 10.7. The van der Waals surface area contributed by atoms with Crippen molar-refractivity contribution in [3.05, 3.63) is 11.6 Å². The molecule has 0 saturated carbocycles. The topological polar surface area (TPSA) is 99.6 Å². The molecule has 0 aliphatic heterocycles. The minimum atomic E-state index is -0.00375. The van der Waals surface area contributed by atoms with Crippen LogP contribution in [0, 0.1) is 0 Å². The second-order valence-electron chi connectivity index (χ2n) is 1.53. The molecule has 0 aliphatic carbocycles. The summed E-state index contributed by atoms with van der Waals surface area (Å²) in [6.07, 6.45) is 1.20. The van der Waals surface area contributed by atoms with Gasteiger partial charge >= 0.3 is 0 Å². The monoisotopic (exact) mass is 144 g/mol. The van der Waals surface area contributed by atoms with Crippen LogP contribution in [0.25, 0.3) is 0 Å². The van der Waals surface area contributed by atoms with E-state index in [9.17, 15) is 0 Å². The Morgan fingerprint density at radius 2 is 2.10 bits per heavy atom. The lowest BCUT2D eigenvalue weighted by Gasteiger charge is -1.95.